The van der Waals surface area contributed by atoms with Crippen molar-refractivity contribution in [2.45, 2.75) is 58.7 Å². The monoisotopic (exact) mass is 156 g/mol. The van der Waals surface area contributed by atoms with E-state index in [0.717, 1.165) is 12.3 Å². The molecular formula is C10H20O. The zero-order valence-electron chi connectivity index (χ0n) is 8.18. The molecule has 1 heteroatoms. The van der Waals surface area contributed by atoms with Crippen molar-refractivity contribution in [1.29, 1.82) is 0 Å². The lowest BCUT2D eigenvalue weighted by Crippen LogP contribution is -2.33. The van der Waals surface area contributed by atoms with Crippen LogP contribution in [0.15, 0.2) is 0 Å². The summed E-state index contributed by atoms with van der Waals surface area (Å²) in [4.78, 5) is 0. The molecule has 1 saturated carbocycles. The fraction of sp³-hybridized carbons (Fsp3) is 1.00. The Bertz CT molecular complexity index is 127. The highest BCUT2D eigenvalue weighted by Crippen LogP contribution is 2.44. The van der Waals surface area contributed by atoms with Crippen molar-refractivity contribution < 1.29 is 4.74 Å². The van der Waals surface area contributed by atoms with Crippen LogP contribution in [-0.2, 0) is 4.74 Å². The normalized spacial score (nSPS) is 23.7. The molecule has 11 heavy (non-hydrogen) atoms. The molecule has 0 amide bonds. The van der Waals surface area contributed by atoms with Gasteiger partial charge in [0.05, 0.1) is 11.7 Å². The predicted octanol–water partition coefficient (Wildman–Crippen LogP) is 2.99. The molecule has 1 fully saturated rings. The van der Waals surface area contributed by atoms with E-state index in [1.807, 2.05) is 0 Å². The lowest BCUT2D eigenvalue weighted by molar-refractivity contribution is -0.0846. The Labute approximate surface area is 70.1 Å². The molecule has 0 heterocycles. The molecule has 1 atom stereocenters. The first-order valence-electron chi connectivity index (χ1n) is 4.76. The average molecular weight is 156 g/mol. The minimum atomic E-state index is 0.175. The van der Waals surface area contributed by atoms with Crippen LogP contribution in [0.4, 0.5) is 0 Å². The van der Waals surface area contributed by atoms with Crippen molar-refractivity contribution in [2.24, 2.45) is 5.92 Å². The van der Waals surface area contributed by atoms with Gasteiger partial charge in [0.15, 0.2) is 0 Å². The number of hydrogen-bond donors (Lipinski definition) is 0. The topological polar surface area (TPSA) is 9.23 Å². The fourth-order valence-corrected chi connectivity index (χ4v) is 1.70. The van der Waals surface area contributed by atoms with Gasteiger partial charge in [0.2, 0.25) is 0 Å². The standard InChI is InChI=1S/C10H20O/c1-5-10(4,9-6-7-9)11-8(2)3/h8-9H,5-7H2,1-4H3. The van der Waals surface area contributed by atoms with Crippen LogP contribution in [0.3, 0.4) is 0 Å². The summed E-state index contributed by atoms with van der Waals surface area (Å²) in [5.41, 5.74) is 0.175. The molecule has 0 bridgehead atoms. The number of ether oxygens (including phenoxy) is 1. The van der Waals surface area contributed by atoms with Crippen LogP contribution in [0.2, 0.25) is 0 Å². The van der Waals surface area contributed by atoms with E-state index in [4.69, 9.17) is 4.74 Å². The van der Waals surface area contributed by atoms with Crippen LogP contribution in [0, 0.1) is 5.92 Å². The number of hydrogen-bond acceptors (Lipinski definition) is 1. The summed E-state index contributed by atoms with van der Waals surface area (Å²) in [6.45, 7) is 8.72. The van der Waals surface area contributed by atoms with Crippen LogP contribution in [0.1, 0.15) is 47.0 Å². The van der Waals surface area contributed by atoms with E-state index < -0.39 is 0 Å². The molecule has 1 nitrogen and oxygen atoms in total. The molecule has 66 valence electrons. The Balaban J connectivity index is 2.44. The zero-order valence-corrected chi connectivity index (χ0v) is 8.18. The zero-order chi connectivity index (χ0) is 8.48. The minimum absolute atomic E-state index is 0.175. The highest BCUT2D eigenvalue weighted by molar-refractivity contribution is 4.92. The summed E-state index contributed by atoms with van der Waals surface area (Å²) in [7, 11) is 0. The van der Waals surface area contributed by atoms with Crippen LogP contribution in [-0.4, -0.2) is 11.7 Å². The van der Waals surface area contributed by atoms with Gasteiger partial charge in [-0.1, -0.05) is 6.92 Å². The summed E-state index contributed by atoms with van der Waals surface area (Å²) in [6, 6.07) is 0. The van der Waals surface area contributed by atoms with Gasteiger partial charge in [-0.25, -0.2) is 0 Å². The molecule has 1 aliphatic carbocycles. The SMILES string of the molecule is CCC(C)(OC(C)C)C1CC1. The second-order valence-electron chi connectivity index (χ2n) is 4.11. The highest BCUT2D eigenvalue weighted by Gasteiger charge is 2.41. The van der Waals surface area contributed by atoms with Crippen molar-refractivity contribution in [3.05, 3.63) is 0 Å². The molecule has 1 unspecified atom stereocenters. The van der Waals surface area contributed by atoms with E-state index >= 15 is 0 Å². The summed E-state index contributed by atoms with van der Waals surface area (Å²) in [6.07, 6.45) is 4.27. The van der Waals surface area contributed by atoms with Crippen molar-refractivity contribution in [3.8, 4) is 0 Å². The van der Waals surface area contributed by atoms with Crippen LogP contribution >= 0.6 is 0 Å². The Morgan fingerprint density at radius 1 is 1.45 bits per heavy atom. The molecule has 0 aliphatic heterocycles. The first kappa shape index (κ1) is 9.05. The maximum Gasteiger partial charge on any atom is 0.0683 e. The van der Waals surface area contributed by atoms with Gasteiger partial charge in [0, 0.05) is 0 Å². The van der Waals surface area contributed by atoms with Crippen molar-refractivity contribution in [3.63, 3.8) is 0 Å². The molecule has 0 aromatic rings. The van der Waals surface area contributed by atoms with Crippen LogP contribution in [0.5, 0.6) is 0 Å². The van der Waals surface area contributed by atoms with Crippen LogP contribution in [0.25, 0.3) is 0 Å². The maximum atomic E-state index is 5.91. The second kappa shape index (κ2) is 3.14. The van der Waals surface area contributed by atoms with E-state index in [1.54, 1.807) is 0 Å². The van der Waals surface area contributed by atoms with Crippen molar-refractivity contribution >= 4 is 0 Å². The largest absolute Gasteiger partial charge is 0.372 e. The summed E-state index contributed by atoms with van der Waals surface area (Å²) in [5.74, 6) is 0.842. The molecule has 1 aliphatic rings. The molecule has 1 rings (SSSR count). The van der Waals surface area contributed by atoms with Gasteiger partial charge in [-0.3, -0.25) is 0 Å². The van der Waals surface area contributed by atoms with Gasteiger partial charge in [-0.05, 0) is 46.0 Å². The third-order valence-corrected chi connectivity index (χ3v) is 2.65. The third-order valence-electron chi connectivity index (χ3n) is 2.65. The van der Waals surface area contributed by atoms with Gasteiger partial charge < -0.3 is 4.74 Å². The minimum Gasteiger partial charge on any atom is -0.372 e. The van der Waals surface area contributed by atoms with Gasteiger partial charge in [-0.2, -0.15) is 0 Å². The van der Waals surface area contributed by atoms with Gasteiger partial charge in [0.1, 0.15) is 0 Å². The maximum absolute atomic E-state index is 5.91. The highest BCUT2D eigenvalue weighted by atomic mass is 16.5. The van der Waals surface area contributed by atoms with E-state index in [2.05, 4.69) is 27.7 Å². The average Bonchev–Trinajstić information content (AvgIpc) is 2.66. The first-order valence-corrected chi connectivity index (χ1v) is 4.76. The predicted molar refractivity (Wildman–Crippen MR) is 47.6 cm³/mol. The third kappa shape index (κ3) is 2.19. The lowest BCUT2D eigenvalue weighted by atomic mass is 9.97. The van der Waals surface area contributed by atoms with E-state index in [9.17, 15) is 0 Å². The Morgan fingerprint density at radius 2 is 2.00 bits per heavy atom. The molecule has 0 aromatic heterocycles. The fourth-order valence-electron chi connectivity index (χ4n) is 1.70. The molecule has 0 radical (unpaired) electrons. The van der Waals surface area contributed by atoms with Gasteiger partial charge in [0.25, 0.3) is 0 Å². The van der Waals surface area contributed by atoms with Gasteiger partial charge in [-0.15, -0.1) is 0 Å². The smallest absolute Gasteiger partial charge is 0.0683 e. The molecule has 0 aromatic carbocycles. The quantitative estimate of drug-likeness (QED) is 0.608. The molecular weight excluding hydrogens is 136 g/mol. The number of rotatable bonds is 4. The van der Waals surface area contributed by atoms with E-state index in [-0.39, 0.29) is 5.60 Å². The first-order chi connectivity index (χ1) is 5.08. The Morgan fingerprint density at radius 3 is 2.27 bits per heavy atom. The Hall–Kier alpha value is -0.0400. The molecule has 0 N–H and O–H groups in total. The molecule has 0 spiro atoms. The summed E-state index contributed by atoms with van der Waals surface area (Å²) in [5, 5.41) is 0. The lowest BCUT2D eigenvalue weighted by Gasteiger charge is -2.31. The van der Waals surface area contributed by atoms with E-state index in [1.165, 1.54) is 12.8 Å². The Kier molecular flexibility index (Phi) is 2.58. The summed E-state index contributed by atoms with van der Waals surface area (Å²) >= 11 is 0. The van der Waals surface area contributed by atoms with E-state index in [0.29, 0.717) is 6.10 Å². The van der Waals surface area contributed by atoms with Crippen molar-refractivity contribution in [1.82, 2.24) is 0 Å². The second-order valence-corrected chi connectivity index (χ2v) is 4.11. The molecule has 0 saturated heterocycles. The van der Waals surface area contributed by atoms with Crippen LogP contribution < -0.4 is 0 Å². The van der Waals surface area contributed by atoms with Crippen molar-refractivity contribution in [2.75, 3.05) is 0 Å². The summed E-state index contributed by atoms with van der Waals surface area (Å²) < 4.78 is 5.91. The van der Waals surface area contributed by atoms with Gasteiger partial charge >= 0.3 is 0 Å².